The summed E-state index contributed by atoms with van der Waals surface area (Å²) in [6, 6.07) is 7.85. The Morgan fingerprint density at radius 1 is 0.923 bits per heavy atom. The van der Waals surface area contributed by atoms with Crippen molar-refractivity contribution >= 4 is 23.2 Å². The van der Waals surface area contributed by atoms with E-state index in [9.17, 15) is 31.5 Å². The van der Waals surface area contributed by atoms with E-state index in [0.717, 1.165) is 49.5 Å². The van der Waals surface area contributed by atoms with Crippen LogP contribution in [-0.2, 0) is 15.8 Å². The Morgan fingerprint density at radius 2 is 1.64 bits per heavy atom. The fourth-order valence-electron chi connectivity index (χ4n) is 4.98. The van der Waals surface area contributed by atoms with Crippen LogP contribution >= 0.6 is 0 Å². The number of carbonyl (C=O) groups excluding carboxylic acids is 2. The van der Waals surface area contributed by atoms with E-state index in [2.05, 4.69) is 4.90 Å². The van der Waals surface area contributed by atoms with E-state index in [1.165, 1.54) is 31.2 Å². The lowest BCUT2D eigenvalue weighted by Gasteiger charge is -2.36. The van der Waals surface area contributed by atoms with Crippen LogP contribution in [0.15, 0.2) is 47.5 Å². The molecule has 6 nitrogen and oxygen atoms in total. The van der Waals surface area contributed by atoms with Gasteiger partial charge in [0.1, 0.15) is 11.6 Å². The molecule has 2 aromatic rings. The lowest BCUT2D eigenvalue weighted by Crippen LogP contribution is -2.46. The van der Waals surface area contributed by atoms with Crippen molar-refractivity contribution in [2.75, 3.05) is 42.5 Å². The minimum Gasteiger partial charge on any atom is -0.367 e. The van der Waals surface area contributed by atoms with E-state index in [1.807, 2.05) is 4.90 Å². The second-order valence-electron chi connectivity index (χ2n) is 9.62. The molecule has 4 rings (SSSR count). The molecule has 0 spiro atoms. The van der Waals surface area contributed by atoms with Crippen LogP contribution in [0.4, 0.5) is 33.3 Å². The molecule has 0 atom stereocenters. The number of carbonyl (C=O) groups is 2. The Balaban J connectivity index is 1.26. The highest BCUT2D eigenvalue weighted by molar-refractivity contribution is 6.32. The van der Waals surface area contributed by atoms with Gasteiger partial charge in [-0.1, -0.05) is 6.42 Å². The van der Waals surface area contributed by atoms with Gasteiger partial charge in [-0.3, -0.25) is 14.5 Å². The van der Waals surface area contributed by atoms with Crippen molar-refractivity contribution < 1.29 is 31.5 Å². The molecule has 0 saturated carbocycles. The molecule has 2 aliphatic rings. The van der Waals surface area contributed by atoms with Gasteiger partial charge in [-0.15, -0.1) is 0 Å². The number of anilines is 2. The second-order valence-corrected chi connectivity index (χ2v) is 9.62. The summed E-state index contributed by atoms with van der Waals surface area (Å²) >= 11 is 0. The van der Waals surface area contributed by atoms with E-state index >= 15 is 0 Å². The van der Waals surface area contributed by atoms with Gasteiger partial charge in [-0.05, 0) is 63.1 Å². The normalized spacial score (nSPS) is 16.8. The zero-order chi connectivity index (χ0) is 28.3. The van der Waals surface area contributed by atoms with Gasteiger partial charge in [0.05, 0.1) is 28.6 Å². The molecule has 0 aromatic heterocycles. The van der Waals surface area contributed by atoms with E-state index in [4.69, 9.17) is 5.26 Å². The molecule has 206 valence electrons. The van der Waals surface area contributed by atoms with Crippen molar-refractivity contribution in [2.45, 2.75) is 38.8 Å². The van der Waals surface area contributed by atoms with Crippen molar-refractivity contribution in [2.24, 2.45) is 0 Å². The maximum Gasteiger partial charge on any atom is 0.417 e. The topological polar surface area (TPSA) is 67.7 Å². The third-order valence-corrected chi connectivity index (χ3v) is 7.15. The Kier molecular flexibility index (Phi) is 8.35. The van der Waals surface area contributed by atoms with Crippen molar-refractivity contribution in [3.05, 3.63) is 70.3 Å². The SMILES string of the molecule is CC1=C(CCCCCN2CCN(c3ccc(F)cc3F)CC2)C(=O)N(c2ccc(C#N)c(C(F)(F)F)c2)C1=O. The molecule has 39 heavy (non-hydrogen) atoms. The molecule has 0 radical (unpaired) electrons. The van der Waals surface area contributed by atoms with Crippen LogP contribution in [0.3, 0.4) is 0 Å². The Labute approximate surface area is 222 Å². The number of hydrogen-bond acceptors (Lipinski definition) is 5. The number of unbranched alkanes of at least 4 members (excludes halogenated alkanes) is 2. The van der Waals surface area contributed by atoms with E-state index in [1.54, 1.807) is 0 Å². The fraction of sp³-hybridized carbons (Fsp3) is 0.393. The number of piperazine rings is 1. The zero-order valence-electron chi connectivity index (χ0n) is 21.3. The summed E-state index contributed by atoms with van der Waals surface area (Å²) in [4.78, 5) is 30.6. The first-order valence-corrected chi connectivity index (χ1v) is 12.6. The minimum absolute atomic E-state index is 0.210. The predicted octanol–water partition coefficient (Wildman–Crippen LogP) is 5.43. The van der Waals surface area contributed by atoms with Gasteiger partial charge in [0.2, 0.25) is 0 Å². The zero-order valence-corrected chi connectivity index (χ0v) is 21.3. The molecule has 0 unspecified atom stereocenters. The molecule has 0 N–H and O–H groups in total. The Hall–Kier alpha value is -3.78. The van der Waals surface area contributed by atoms with Gasteiger partial charge >= 0.3 is 6.18 Å². The minimum atomic E-state index is -4.80. The molecule has 2 amide bonds. The Bertz CT molecular complexity index is 1340. The molecule has 2 aliphatic heterocycles. The molecule has 2 heterocycles. The number of halogens is 5. The summed E-state index contributed by atoms with van der Waals surface area (Å²) in [6.45, 7) is 5.00. The second kappa shape index (κ2) is 11.5. The third-order valence-electron chi connectivity index (χ3n) is 7.15. The number of rotatable bonds is 8. The molecular weight excluding hydrogens is 519 g/mol. The number of benzene rings is 2. The van der Waals surface area contributed by atoms with Crippen LogP contribution in [0, 0.1) is 23.0 Å². The first kappa shape index (κ1) is 28.2. The highest BCUT2D eigenvalue weighted by Gasteiger charge is 2.39. The maximum atomic E-state index is 14.0. The van der Waals surface area contributed by atoms with Crippen molar-refractivity contribution in [1.82, 2.24) is 4.90 Å². The van der Waals surface area contributed by atoms with Crippen LogP contribution < -0.4 is 9.80 Å². The first-order chi connectivity index (χ1) is 18.5. The molecular formula is C28H27F5N4O2. The van der Waals surface area contributed by atoms with E-state index in [0.29, 0.717) is 37.7 Å². The highest BCUT2D eigenvalue weighted by atomic mass is 19.4. The standard InChI is InChI=1S/C28H27F5N4O2/c1-18-22(27(39)37(26(18)38)21-8-6-19(17-34)23(16-21)28(31,32)33)5-3-2-4-10-35-11-13-36(14-12-35)25-9-7-20(29)15-24(25)30/h6-9,15-16H,2-5,10-14H2,1H3. The van der Waals surface area contributed by atoms with Crippen molar-refractivity contribution in [3.8, 4) is 6.07 Å². The van der Waals surface area contributed by atoms with Gasteiger partial charge in [0.25, 0.3) is 11.8 Å². The quantitative estimate of drug-likeness (QED) is 0.251. The molecule has 0 bridgehead atoms. The average molecular weight is 547 g/mol. The van der Waals surface area contributed by atoms with Crippen LogP contribution in [0.5, 0.6) is 0 Å². The fourth-order valence-corrected chi connectivity index (χ4v) is 4.98. The van der Waals surface area contributed by atoms with Crippen LogP contribution in [0.2, 0.25) is 0 Å². The summed E-state index contributed by atoms with van der Waals surface area (Å²) in [7, 11) is 0. The van der Waals surface area contributed by atoms with Gasteiger partial charge in [0, 0.05) is 43.4 Å². The summed E-state index contributed by atoms with van der Waals surface area (Å²) < 4.78 is 67.3. The molecule has 2 aromatic carbocycles. The largest absolute Gasteiger partial charge is 0.417 e. The van der Waals surface area contributed by atoms with E-state index in [-0.39, 0.29) is 16.8 Å². The number of amides is 2. The maximum absolute atomic E-state index is 14.0. The molecule has 1 fully saturated rings. The molecule has 1 saturated heterocycles. The molecule has 11 heteroatoms. The number of hydrogen-bond donors (Lipinski definition) is 0. The Morgan fingerprint density at radius 3 is 2.28 bits per heavy atom. The highest BCUT2D eigenvalue weighted by Crippen LogP contribution is 2.37. The smallest absolute Gasteiger partial charge is 0.367 e. The van der Waals surface area contributed by atoms with Crippen molar-refractivity contribution in [1.29, 1.82) is 5.26 Å². The summed E-state index contributed by atoms with van der Waals surface area (Å²) in [5, 5.41) is 8.99. The number of imide groups is 1. The van der Waals surface area contributed by atoms with Crippen LogP contribution in [0.1, 0.15) is 43.7 Å². The number of nitrogens with zero attached hydrogens (tertiary/aromatic N) is 4. The van der Waals surface area contributed by atoms with Gasteiger partial charge in [0.15, 0.2) is 0 Å². The lowest BCUT2D eigenvalue weighted by atomic mass is 10.0. The van der Waals surface area contributed by atoms with Crippen LogP contribution in [0.25, 0.3) is 0 Å². The van der Waals surface area contributed by atoms with E-state index < -0.39 is 40.8 Å². The van der Waals surface area contributed by atoms with Gasteiger partial charge < -0.3 is 4.90 Å². The first-order valence-electron chi connectivity index (χ1n) is 12.6. The summed E-state index contributed by atoms with van der Waals surface area (Å²) in [5.74, 6) is -2.49. The molecule has 0 aliphatic carbocycles. The number of nitriles is 1. The number of alkyl halides is 3. The van der Waals surface area contributed by atoms with Gasteiger partial charge in [-0.2, -0.15) is 18.4 Å². The monoisotopic (exact) mass is 546 g/mol. The summed E-state index contributed by atoms with van der Waals surface area (Å²) in [5.41, 5.74) is -1.11. The average Bonchev–Trinajstić information content (AvgIpc) is 3.11. The predicted molar refractivity (Wildman–Crippen MR) is 135 cm³/mol. The third kappa shape index (κ3) is 6.11. The van der Waals surface area contributed by atoms with Gasteiger partial charge in [-0.25, -0.2) is 13.7 Å². The van der Waals surface area contributed by atoms with Crippen molar-refractivity contribution in [3.63, 3.8) is 0 Å². The van der Waals surface area contributed by atoms with Crippen LogP contribution in [-0.4, -0.2) is 49.4 Å². The summed E-state index contributed by atoms with van der Waals surface area (Å²) in [6.07, 6.45) is -2.23. The lowest BCUT2D eigenvalue weighted by molar-refractivity contribution is -0.138.